The topological polar surface area (TPSA) is 126 Å². The first-order chi connectivity index (χ1) is 11.3. The Labute approximate surface area is 141 Å². The lowest BCUT2D eigenvalue weighted by atomic mass is 10.1. The lowest BCUT2D eigenvalue weighted by molar-refractivity contribution is -0.140. The van der Waals surface area contributed by atoms with Gasteiger partial charge < -0.3 is 20.3 Å². The van der Waals surface area contributed by atoms with Crippen LogP contribution >= 0.6 is 11.6 Å². The van der Waals surface area contributed by atoms with E-state index >= 15 is 0 Å². The maximum atomic E-state index is 11.5. The number of carboxylic acids is 2. The molecular formula is C15H13ClN2O6. The summed E-state index contributed by atoms with van der Waals surface area (Å²) < 4.78 is 4.99. The number of aromatic nitrogens is 1. The van der Waals surface area contributed by atoms with E-state index in [-0.39, 0.29) is 18.0 Å². The van der Waals surface area contributed by atoms with Crippen LogP contribution in [0.5, 0.6) is 5.88 Å². The summed E-state index contributed by atoms with van der Waals surface area (Å²) in [5.41, 5.74) is 0.788. The number of ether oxygens (including phenoxy) is 1. The van der Waals surface area contributed by atoms with E-state index in [0.717, 1.165) is 0 Å². The van der Waals surface area contributed by atoms with Gasteiger partial charge in [-0.05, 0) is 23.8 Å². The smallest absolute Gasteiger partial charge is 0.341 e. The van der Waals surface area contributed by atoms with Gasteiger partial charge in [-0.1, -0.05) is 11.6 Å². The largest absolute Gasteiger partial charge is 0.481 e. The summed E-state index contributed by atoms with van der Waals surface area (Å²) in [7, 11) is 1.30. The Bertz CT molecular complexity index is 836. The van der Waals surface area contributed by atoms with E-state index < -0.39 is 24.3 Å². The molecule has 0 fully saturated rings. The maximum Gasteiger partial charge on any atom is 0.341 e. The first-order valence-corrected chi connectivity index (χ1v) is 7.08. The summed E-state index contributed by atoms with van der Waals surface area (Å²) in [6.07, 6.45) is -0.654. The Balaban J connectivity index is 2.44. The van der Waals surface area contributed by atoms with E-state index in [9.17, 15) is 19.5 Å². The van der Waals surface area contributed by atoms with Crippen LogP contribution in [0, 0.1) is 0 Å². The molecule has 1 aromatic heterocycles. The minimum atomic E-state index is -1.24. The van der Waals surface area contributed by atoms with Crippen LogP contribution < -0.4 is 10.1 Å². The van der Waals surface area contributed by atoms with Crippen molar-refractivity contribution in [3.63, 3.8) is 0 Å². The number of halogens is 1. The molecule has 0 bridgehead atoms. The fourth-order valence-corrected chi connectivity index (χ4v) is 2.39. The second-order valence-corrected chi connectivity index (χ2v) is 5.27. The highest BCUT2D eigenvalue weighted by Crippen LogP contribution is 2.28. The number of carboxylic acid groups (broad SMARTS) is 2. The molecule has 0 saturated carbocycles. The van der Waals surface area contributed by atoms with Crippen molar-refractivity contribution in [2.45, 2.75) is 13.0 Å². The molecule has 2 rings (SSSR count). The number of aromatic carboxylic acids is 1. The number of rotatable bonds is 6. The van der Waals surface area contributed by atoms with Crippen LogP contribution in [0.3, 0.4) is 0 Å². The standard InChI is InChI=1S/C15H13ClN2O6/c1-24-14-10(15(22)23)4-7-2-9(16)3-8(13(7)18-14)6-17-11(19)5-12(20)21/h2-4H,5-6H2,1H3,(H,17,19)(H,20,21)(H,22,23). The van der Waals surface area contributed by atoms with E-state index in [2.05, 4.69) is 10.3 Å². The number of nitrogens with one attached hydrogen (secondary N) is 1. The molecule has 9 heteroatoms. The van der Waals surface area contributed by atoms with Crippen molar-refractivity contribution in [2.75, 3.05) is 7.11 Å². The molecular weight excluding hydrogens is 340 g/mol. The average Bonchev–Trinajstić information content (AvgIpc) is 2.50. The van der Waals surface area contributed by atoms with Gasteiger partial charge in [0.25, 0.3) is 0 Å². The van der Waals surface area contributed by atoms with Crippen molar-refractivity contribution in [2.24, 2.45) is 0 Å². The van der Waals surface area contributed by atoms with E-state index in [0.29, 0.717) is 21.5 Å². The first kappa shape index (κ1) is 17.5. The molecule has 1 aromatic carbocycles. The summed E-state index contributed by atoms with van der Waals surface area (Å²) >= 11 is 6.02. The molecule has 0 aliphatic rings. The van der Waals surface area contributed by atoms with Crippen molar-refractivity contribution in [3.05, 3.63) is 34.3 Å². The number of pyridine rings is 1. The molecule has 24 heavy (non-hydrogen) atoms. The molecule has 3 N–H and O–H groups in total. The summed E-state index contributed by atoms with van der Waals surface area (Å²) in [5, 5.41) is 21.0. The summed E-state index contributed by atoms with van der Waals surface area (Å²) in [4.78, 5) is 37.4. The van der Waals surface area contributed by atoms with Crippen molar-refractivity contribution >= 4 is 40.3 Å². The number of nitrogens with zero attached hydrogens (tertiary/aromatic N) is 1. The Morgan fingerprint density at radius 2 is 1.96 bits per heavy atom. The zero-order valence-electron chi connectivity index (χ0n) is 12.5. The monoisotopic (exact) mass is 352 g/mol. The predicted molar refractivity (Wildman–Crippen MR) is 84.4 cm³/mol. The van der Waals surface area contributed by atoms with Gasteiger partial charge in [0.1, 0.15) is 12.0 Å². The quantitative estimate of drug-likeness (QED) is 0.675. The fourth-order valence-electron chi connectivity index (χ4n) is 2.14. The Hall–Kier alpha value is -2.87. The highest BCUT2D eigenvalue weighted by Gasteiger charge is 2.17. The van der Waals surface area contributed by atoms with Gasteiger partial charge in [-0.15, -0.1) is 0 Å². The van der Waals surface area contributed by atoms with Crippen LogP contribution in [0.4, 0.5) is 0 Å². The number of benzene rings is 1. The Kier molecular flexibility index (Phi) is 5.20. The van der Waals surface area contributed by atoms with Gasteiger partial charge in [0.15, 0.2) is 0 Å². The molecule has 2 aromatic rings. The zero-order valence-corrected chi connectivity index (χ0v) is 13.3. The molecule has 0 spiro atoms. The summed E-state index contributed by atoms with van der Waals surface area (Å²) in [6.45, 7) is -0.00819. The summed E-state index contributed by atoms with van der Waals surface area (Å²) in [6, 6.07) is 4.47. The number of methoxy groups -OCH3 is 1. The van der Waals surface area contributed by atoms with Gasteiger partial charge in [-0.2, -0.15) is 0 Å². The van der Waals surface area contributed by atoms with Crippen molar-refractivity contribution < 1.29 is 29.3 Å². The predicted octanol–water partition coefficient (Wildman–Crippen LogP) is 1.69. The van der Waals surface area contributed by atoms with Crippen LogP contribution in [0.2, 0.25) is 5.02 Å². The molecule has 0 radical (unpaired) electrons. The average molecular weight is 353 g/mol. The molecule has 0 unspecified atom stereocenters. The van der Waals surface area contributed by atoms with Gasteiger partial charge in [0.05, 0.1) is 12.6 Å². The third kappa shape index (κ3) is 3.90. The van der Waals surface area contributed by atoms with Crippen LogP contribution in [0.25, 0.3) is 10.9 Å². The van der Waals surface area contributed by atoms with Crippen LogP contribution in [0.1, 0.15) is 22.3 Å². The molecule has 126 valence electrons. The van der Waals surface area contributed by atoms with Gasteiger partial charge in [-0.3, -0.25) is 9.59 Å². The third-order valence-electron chi connectivity index (χ3n) is 3.14. The first-order valence-electron chi connectivity index (χ1n) is 6.70. The van der Waals surface area contributed by atoms with Gasteiger partial charge >= 0.3 is 11.9 Å². The SMILES string of the molecule is COc1nc2c(CNC(=O)CC(=O)O)cc(Cl)cc2cc1C(=O)O. The third-order valence-corrected chi connectivity index (χ3v) is 3.36. The fraction of sp³-hybridized carbons (Fsp3) is 0.200. The lowest BCUT2D eigenvalue weighted by Gasteiger charge is -2.11. The number of hydrogen-bond donors (Lipinski definition) is 3. The minimum absolute atomic E-state index is 0.00819. The van der Waals surface area contributed by atoms with Crippen molar-refractivity contribution in [1.82, 2.24) is 10.3 Å². The van der Waals surface area contributed by atoms with Crippen molar-refractivity contribution in [1.29, 1.82) is 0 Å². The highest BCUT2D eigenvalue weighted by atomic mass is 35.5. The van der Waals surface area contributed by atoms with E-state index in [1.807, 2.05) is 0 Å². The molecule has 8 nitrogen and oxygen atoms in total. The van der Waals surface area contributed by atoms with Gasteiger partial charge in [0.2, 0.25) is 11.8 Å². The van der Waals surface area contributed by atoms with E-state index in [4.69, 9.17) is 21.4 Å². The molecule has 0 atom stereocenters. The number of fused-ring (bicyclic) bond motifs is 1. The normalized spacial score (nSPS) is 10.4. The van der Waals surface area contributed by atoms with E-state index in [1.54, 1.807) is 12.1 Å². The number of carbonyl (C=O) groups excluding carboxylic acids is 1. The Morgan fingerprint density at radius 3 is 2.54 bits per heavy atom. The lowest BCUT2D eigenvalue weighted by Crippen LogP contribution is -2.25. The molecule has 1 amide bonds. The number of amides is 1. The molecule has 0 aliphatic carbocycles. The number of aliphatic carboxylic acids is 1. The summed E-state index contributed by atoms with van der Waals surface area (Å²) in [5.74, 6) is -3.17. The number of hydrogen-bond acceptors (Lipinski definition) is 5. The molecule has 0 aliphatic heterocycles. The minimum Gasteiger partial charge on any atom is -0.481 e. The van der Waals surface area contributed by atoms with Crippen LogP contribution in [-0.2, 0) is 16.1 Å². The number of carbonyl (C=O) groups is 3. The van der Waals surface area contributed by atoms with E-state index in [1.165, 1.54) is 13.2 Å². The van der Waals surface area contributed by atoms with Gasteiger partial charge in [-0.25, -0.2) is 9.78 Å². The highest BCUT2D eigenvalue weighted by molar-refractivity contribution is 6.31. The van der Waals surface area contributed by atoms with Crippen molar-refractivity contribution in [3.8, 4) is 5.88 Å². The van der Waals surface area contributed by atoms with Gasteiger partial charge in [0, 0.05) is 17.0 Å². The second-order valence-electron chi connectivity index (χ2n) is 4.83. The van der Waals surface area contributed by atoms with Crippen LogP contribution in [-0.4, -0.2) is 40.2 Å². The Morgan fingerprint density at radius 1 is 1.25 bits per heavy atom. The zero-order chi connectivity index (χ0) is 17.9. The molecule has 1 heterocycles. The maximum absolute atomic E-state index is 11.5. The van der Waals surface area contributed by atoms with Crippen LogP contribution in [0.15, 0.2) is 18.2 Å². The second kappa shape index (κ2) is 7.14. The molecule has 0 saturated heterocycles.